The topological polar surface area (TPSA) is 8.17 Å². The van der Waals surface area contributed by atoms with Crippen molar-refractivity contribution in [1.29, 1.82) is 0 Å². The zero-order valence-corrected chi connectivity index (χ0v) is 36.9. The summed E-state index contributed by atoms with van der Waals surface area (Å²) in [6.07, 6.45) is 0. The van der Waals surface area contributed by atoms with Crippen molar-refractivity contribution < 1.29 is 0 Å². The molecule has 0 radical (unpaired) electrons. The van der Waals surface area contributed by atoms with Crippen LogP contribution >= 0.6 is 0 Å². The van der Waals surface area contributed by atoms with Gasteiger partial charge < -0.3 is 9.47 Å². The molecule has 0 N–H and O–H groups in total. The highest BCUT2D eigenvalue weighted by molar-refractivity contribution is 6.29. The number of fused-ring (bicyclic) bond motifs is 7. The highest BCUT2D eigenvalue weighted by Gasteiger charge is 2.51. The van der Waals surface area contributed by atoms with Crippen molar-refractivity contribution >= 4 is 49.6 Å². The van der Waals surface area contributed by atoms with E-state index in [1.165, 1.54) is 88.2 Å². The highest BCUT2D eigenvalue weighted by Crippen LogP contribution is 2.63. The molecular formula is C61H50N2. The molecule has 12 rings (SSSR count). The van der Waals surface area contributed by atoms with Crippen LogP contribution < -0.4 is 4.90 Å². The van der Waals surface area contributed by atoms with Gasteiger partial charge in [0.2, 0.25) is 0 Å². The summed E-state index contributed by atoms with van der Waals surface area (Å²) in [5.41, 5.74) is 19.7. The normalized spacial score (nSPS) is 13.7. The predicted octanol–water partition coefficient (Wildman–Crippen LogP) is 16.3. The first-order valence-electron chi connectivity index (χ1n) is 22.4. The standard InChI is InChI=1S/C61H50N2/c1-59(2,3)41-30-34-49-47(36-41)48-37-42(60(4,5)6)31-35-50(48)61(49)51-25-16-24-46-54(62(43-20-12-8-13-21-43)44-22-14-9-15-23-44)38-55-58(56(46)51)57-52(61)26-17-27-53(57)63(55)45-32-28-40(29-33-45)39-18-10-7-11-19-39/h7-38H,1-6H3. The fourth-order valence-corrected chi connectivity index (χ4v) is 11.1. The maximum Gasteiger partial charge on any atom is 0.0726 e. The molecule has 0 atom stereocenters. The van der Waals surface area contributed by atoms with Crippen molar-refractivity contribution in [2.45, 2.75) is 57.8 Å². The van der Waals surface area contributed by atoms with Crippen LogP contribution in [0.5, 0.6) is 0 Å². The molecule has 2 aliphatic rings. The van der Waals surface area contributed by atoms with Gasteiger partial charge in [0, 0.05) is 33.2 Å². The average molecular weight is 811 g/mol. The Hall–Kier alpha value is -7.16. The van der Waals surface area contributed by atoms with Crippen LogP contribution in [0.2, 0.25) is 0 Å². The summed E-state index contributed by atoms with van der Waals surface area (Å²) in [7, 11) is 0. The van der Waals surface area contributed by atoms with Crippen LogP contribution in [-0.4, -0.2) is 4.57 Å². The number of para-hydroxylation sites is 2. The van der Waals surface area contributed by atoms with Gasteiger partial charge >= 0.3 is 0 Å². The van der Waals surface area contributed by atoms with E-state index in [4.69, 9.17) is 0 Å². The van der Waals surface area contributed by atoms with Crippen LogP contribution in [0, 0.1) is 0 Å². The van der Waals surface area contributed by atoms with Crippen LogP contribution in [0.1, 0.15) is 74.9 Å². The highest BCUT2D eigenvalue weighted by atomic mass is 15.1. The van der Waals surface area contributed by atoms with Gasteiger partial charge in [0.1, 0.15) is 0 Å². The van der Waals surface area contributed by atoms with E-state index < -0.39 is 5.41 Å². The minimum absolute atomic E-state index is 0.00153. The van der Waals surface area contributed by atoms with Crippen LogP contribution in [0.15, 0.2) is 194 Å². The van der Waals surface area contributed by atoms with Crippen molar-refractivity contribution in [2.75, 3.05) is 4.90 Å². The molecule has 1 heterocycles. The zero-order valence-electron chi connectivity index (χ0n) is 36.9. The Kier molecular flexibility index (Phi) is 8.01. The average Bonchev–Trinajstić information content (AvgIpc) is 3.79. The molecule has 1 spiro atoms. The Morgan fingerprint density at radius 1 is 0.397 bits per heavy atom. The lowest BCUT2D eigenvalue weighted by atomic mass is 9.62. The second kappa shape index (κ2) is 13.4. The molecule has 0 fully saturated rings. The third-order valence-corrected chi connectivity index (χ3v) is 14.1. The Bertz CT molecular complexity index is 3330. The largest absolute Gasteiger partial charge is 0.310 e. The molecule has 2 nitrogen and oxygen atoms in total. The van der Waals surface area contributed by atoms with E-state index in [-0.39, 0.29) is 10.8 Å². The maximum absolute atomic E-state index is 2.54. The molecule has 0 unspecified atom stereocenters. The summed E-state index contributed by atoms with van der Waals surface area (Å²) in [5.74, 6) is 0. The van der Waals surface area contributed by atoms with E-state index in [9.17, 15) is 0 Å². The maximum atomic E-state index is 2.54. The molecule has 10 aromatic rings. The molecule has 0 amide bonds. The van der Waals surface area contributed by atoms with Gasteiger partial charge in [-0.15, -0.1) is 0 Å². The second-order valence-corrected chi connectivity index (χ2v) is 19.7. The SMILES string of the molecule is CC(C)(C)c1ccc2c(c1)-c1cc(C(C)(C)C)ccc1C21c2cccc3c(N(c4ccccc4)c4ccccc4)cc4c(c23)c2c1cccc2n4-c1ccc(-c2ccccc2)cc1. The molecule has 2 heteroatoms. The van der Waals surface area contributed by atoms with Crippen molar-refractivity contribution in [3.05, 3.63) is 228 Å². The Morgan fingerprint density at radius 3 is 1.46 bits per heavy atom. The molecule has 0 saturated heterocycles. The van der Waals surface area contributed by atoms with E-state index in [1.807, 2.05) is 0 Å². The second-order valence-electron chi connectivity index (χ2n) is 19.7. The zero-order chi connectivity index (χ0) is 42.8. The number of anilines is 3. The lowest BCUT2D eigenvalue weighted by Gasteiger charge is -2.39. The number of hydrogen-bond acceptors (Lipinski definition) is 1. The Labute approximate surface area is 370 Å². The number of rotatable bonds is 5. The van der Waals surface area contributed by atoms with E-state index in [0.29, 0.717) is 0 Å². The summed E-state index contributed by atoms with van der Waals surface area (Å²) < 4.78 is 2.54. The minimum atomic E-state index is -0.553. The van der Waals surface area contributed by atoms with Crippen molar-refractivity contribution in [3.63, 3.8) is 0 Å². The molecule has 304 valence electrons. The van der Waals surface area contributed by atoms with E-state index in [0.717, 1.165) is 22.7 Å². The summed E-state index contributed by atoms with van der Waals surface area (Å²) in [4.78, 5) is 2.46. The number of nitrogens with zero attached hydrogens (tertiary/aromatic N) is 2. The molecule has 9 aromatic carbocycles. The first-order valence-corrected chi connectivity index (χ1v) is 22.4. The summed E-state index contributed by atoms with van der Waals surface area (Å²) >= 11 is 0. The fraction of sp³-hybridized carbons (Fsp3) is 0.148. The summed E-state index contributed by atoms with van der Waals surface area (Å²) in [6.45, 7) is 14.0. The lowest BCUT2D eigenvalue weighted by molar-refractivity contribution is 0.589. The van der Waals surface area contributed by atoms with Crippen LogP contribution in [-0.2, 0) is 16.2 Å². The fourth-order valence-electron chi connectivity index (χ4n) is 11.1. The third kappa shape index (κ3) is 5.37. The lowest BCUT2D eigenvalue weighted by Crippen LogP contribution is -2.31. The van der Waals surface area contributed by atoms with Crippen LogP contribution in [0.3, 0.4) is 0 Å². The number of hydrogen-bond donors (Lipinski definition) is 0. The van der Waals surface area contributed by atoms with Crippen molar-refractivity contribution in [2.24, 2.45) is 0 Å². The van der Waals surface area contributed by atoms with Crippen LogP contribution in [0.4, 0.5) is 17.1 Å². The molecule has 0 bridgehead atoms. The van der Waals surface area contributed by atoms with Gasteiger partial charge in [-0.3, -0.25) is 0 Å². The quantitative estimate of drug-likeness (QED) is 0.168. The predicted molar refractivity (Wildman–Crippen MR) is 267 cm³/mol. The minimum Gasteiger partial charge on any atom is -0.310 e. The van der Waals surface area contributed by atoms with Gasteiger partial charge in [-0.2, -0.15) is 0 Å². The van der Waals surface area contributed by atoms with Gasteiger partial charge in [0.05, 0.1) is 22.1 Å². The van der Waals surface area contributed by atoms with Gasteiger partial charge in [0.25, 0.3) is 0 Å². The Morgan fingerprint density at radius 2 is 0.905 bits per heavy atom. The third-order valence-electron chi connectivity index (χ3n) is 14.1. The van der Waals surface area contributed by atoms with Gasteiger partial charge in [-0.05, 0) is 120 Å². The molecule has 2 aliphatic carbocycles. The summed E-state index contributed by atoms with van der Waals surface area (Å²) in [6, 6.07) is 73.2. The first-order chi connectivity index (χ1) is 30.5. The van der Waals surface area contributed by atoms with Crippen molar-refractivity contribution in [1.82, 2.24) is 4.57 Å². The van der Waals surface area contributed by atoms with E-state index in [1.54, 1.807) is 0 Å². The van der Waals surface area contributed by atoms with Crippen molar-refractivity contribution in [3.8, 4) is 27.9 Å². The molecule has 63 heavy (non-hydrogen) atoms. The smallest absolute Gasteiger partial charge is 0.0726 e. The monoisotopic (exact) mass is 810 g/mol. The molecule has 0 saturated carbocycles. The molecular weight excluding hydrogens is 761 g/mol. The van der Waals surface area contributed by atoms with Gasteiger partial charge in [-0.25, -0.2) is 0 Å². The number of aromatic nitrogens is 1. The molecule has 0 aliphatic heterocycles. The number of benzene rings is 9. The summed E-state index contributed by atoms with van der Waals surface area (Å²) in [5, 5.41) is 5.22. The van der Waals surface area contributed by atoms with E-state index in [2.05, 4.69) is 245 Å². The van der Waals surface area contributed by atoms with Gasteiger partial charge in [0.15, 0.2) is 0 Å². The van der Waals surface area contributed by atoms with Crippen LogP contribution in [0.25, 0.3) is 60.5 Å². The van der Waals surface area contributed by atoms with Gasteiger partial charge in [-0.1, -0.05) is 187 Å². The molecule has 1 aromatic heterocycles. The first kappa shape index (κ1) is 37.6. The van der Waals surface area contributed by atoms with E-state index >= 15 is 0 Å². The Balaban J connectivity index is 1.26.